The minimum atomic E-state index is -0.109. The molecule has 128 valence electrons. The number of carbonyl (C=O) groups excluding carboxylic acids is 2. The monoisotopic (exact) mass is 338 g/mol. The largest absolute Gasteiger partial charge is 0.355 e. The maximum absolute atomic E-state index is 12.2. The van der Waals surface area contributed by atoms with Crippen LogP contribution in [0.25, 0.3) is 0 Å². The van der Waals surface area contributed by atoms with Crippen LogP contribution in [0.3, 0.4) is 0 Å². The van der Waals surface area contributed by atoms with E-state index in [9.17, 15) is 9.59 Å². The fraction of sp³-hybridized carbons (Fsp3) is 0.688. The van der Waals surface area contributed by atoms with Gasteiger partial charge < -0.3 is 10.6 Å². The van der Waals surface area contributed by atoms with Crippen molar-refractivity contribution >= 4 is 23.2 Å². The Morgan fingerprint density at radius 3 is 2.70 bits per heavy atom. The molecule has 1 aromatic rings. The number of piperidine rings is 1. The van der Waals surface area contributed by atoms with Gasteiger partial charge in [-0.15, -0.1) is 11.3 Å². The van der Waals surface area contributed by atoms with Gasteiger partial charge in [0, 0.05) is 25.7 Å². The van der Waals surface area contributed by atoms with Gasteiger partial charge in [-0.2, -0.15) is 0 Å². The minimum Gasteiger partial charge on any atom is -0.355 e. The average molecular weight is 338 g/mol. The third-order valence-electron chi connectivity index (χ3n) is 4.29. The first-order valence-corrected chi connectivity index (χ1v) is 9.13. The van der Waals surface area contributed by atoms with Crippen molar-refractivity contribution < 1.29 is 9.59 Å². The summed E-state index contributed by atoms with van der Waals surface area (Å²) >= 11 is 1.38. The van der Waals surface area contributed by atoms with Crippen molar-refractivity contribution in [1.29, 1.82) is 0 Å². The molecule has 2 amide bonds. The zero-order valence-corrected chi connectivity index (χ0v) is 14.9. The van der Waals surface area contributed by atoms with Gasteiger partial charge >= 0.3 is 0 Å². The van der Waals surface area contributed by atoms with Crippen molar-refractivity contribution in [2.24, 2.45) is 0 Å². The molecule has 1 aliphatic rings. The lowest BCUT2D eigenvalue weighted by molar-refractivity contribution is -0.126. The second kappa shape index (κ2) is 8.40. The third kappa shape index (κ3) is 4.75. The van der Waals surface area contributed by atoms with Crippen LogP contribution in [-0.4, -0.2) is 53.4 Å². The van der Waals surface area contributed by atoms with E-state index in [1.165, 1.54) is 11.3 Å². The highest BCUT2D eigenvalue weighted by Crippen LogP contribution is 2.16. The number of aryl methyl sites for hydroxylation is 1. The average Bonchev–Trinajstić information content (AvgIpc) is 2.98. The van der Waals surface area contributed by atoms with Crippen molar-refractivity contribution in [2.45, 2.75) is 52.1 Å². The van der Waals surface area contributed by atoms with E-state index in [1.54, 1.807) is 5.51 Å². The first-order chi connectivity index (χ1) is 11.0. The van der Waals surface area contributed by atoms with Gasteiger partial charge in [0.15, 0.2) is 0 Å². The molecule has 2 N–H and O–H groups in total. The number of likely N-dealkylation sites (tertiary alicyclic amines) is 1. The molecule has 1 aromatic heterocycles. The Hall–Kier alpha value is -1.47. The summed E-state index contributed by atoms with van der Waals surface area (Å²) in [6.07, 6.45) is 2.69. The van der Waals surface area contributed by atoms with E-state index in [0.29, 0.717) is 4.88 Å². The van der Waals surface area contributed by atoms with Crippen LogP contribution in [-0.2, 0) is 4.79 Å². The van der Waals surface area contributed by atoms with Gasteiger partial charge in [-0.3, -0.25) is 14.5 Å². The van der Waals surface area contributed by atoms with Crippen molar-refractivity contribution in [2.75, 3.05) is 19.6 Å². The van der Waals surface area contributed by atoms with Crippen molar-refractivity contribution in [1.82, 2.24) is 20.5 Å². The molecule has 0 radical (unpaired) electrons. The van der Waals surface area contributed by atoms with Crippen molar-refractivity contribution in [3.05, 3.63) is 16.1 Å². The van der Waals surface area contributed by atoms with Crippen molar-refractivity contribution in [3.8, 4) is 0 Å². The maximum atomic E-state index is 12.2. The zero-order valence-electron chi connectivity index (χ0n) is 14.1. The highest BCUT2D eigenvalue weighted by molar-refractivity contribution is 7.11. The second-order valence-corrected chi connectivity index (χ2v) is 6.87. The summed E-state index contributed by atoms with van der Waals surface area (Å²) in [5.41, 5.74) is 2.48. The summed E-state index contributed by atoms with van der Waals surface area (Å²) in [5, 5.41) is 6.03. The lowest BCUT2D eigenvalue weighted by Crippen LogP contribution is -2.51. The van der Waals surface area contributed by atoms with E-state index in [1.807, 2.05) is 20.8 Å². The smallest absolute Gasteiger partial charge is 0.263 e. The topological polar surface area (TPSA) is 74.3 Å². The zero-order chi connectivity index (χ0) is 16.8. The number of thiazole rings is 1. The molecule has 1 aliphatic heterocycles. The van der Waals surface area contributed by atoms with E-state index in [2.05, 4.69) is 20.5 Å². The van der Waals surface area contributed by atoms with Gasteiger partial charge in [-0.25, -0.2) is 4.98 Å². The number of carbonyl (C=O) groups is 2. The van der Waals surface area contributed by atoms with E-state index in [-0.39, 0.29) is 23.9 Å². The van der Waals surface area contributed by atoms with Crippen LogP contribution in [0.15, 0.2) is 5.51 Å². The van der Waals surface area contributed by atoms with Crippen LogP contribution in [0.2, 0.25) is 0 Å². The summed E-state index contributed by atoms with van der Waals surface area (Å²) in [6, 6.07) is 0.0631. The van der Waals surface area contributed by atoms with Crippen LogP contribution in [0.4, 0.5) is 0 Å². The maximum Gasteiger partial charge on any atom is 0.263 e. The quantitative estimate of drug-likeness (QED) is 0.825. The molecule has 0 spiro atoms. The van der Waals surface area contributed by atoms with Crippen LogP contribution < -0.4 is 10.6 Å². The molecule has 0 saturated carbocycles. The Bertz CT molecular complexity index is 538. The number of nitrogens with one attached hydrogen (secondary N) is 2. The van der Waals surface area contributed by atoms with Crippen molar-refractivity contribution in [3.63, 3.8) is 0 Å². The molecular weight excluding hydrogens is 312 g/mol. The number of aromatic nitrogens is 1. The van der Waals surface area contributed by atoms with E-state index in [4.69, 9.17) is 0 Å². The number of amides is 2. The molecule has 2 rings (SSSR count). The first-order valence-electron chi connectivity index (χ1n) is 8.25. The number of rotatable bonds is 6. The molecule has 0 aliphatic carbocycles. The molecule has 2 heterocycles. The highest BCUT2D eigenvalue weighted by atomic mass is 32.1. The Balaban J connectivity index is 1.78. The van der Waals surface area contributed by atoms with E-state index < -0.39 is 0 Å². The summed E-state index contributed by atoms with van der Waals surface area (Å²) in [6.45, 7) is 8.23. The first kappa shape index (κ1) is 17.9. The van der Waals surface area contributed by atoms with E-state index >= 15 is 0 Å². The Morgan fingerprint density at radius 1 is 1.43 bits per heavy atom. The normalized spacial score (nSPS) is 17.7. The number of hydrogen-bond donors (Lipinski definition) is 2. The number of nitrogens with zero attached hydrogens (tertiary/aromatic N) is 2. The lowest BCUT2D eigenvalue weighted by Gasteiger charge is -2.35. The van der Waals surface area contributed by atoms with Crippen LogP contribution in [0.5, 0.6) is 0 Å². The van der Waals surface area contributed by atoms with Crippen LogP contribution in [0, 0.1) is 6.92 Å². The Morgan fingerprint density at radius 2 is 2.13 bits per heavy atom. The summed E-state index contributed by atoms with van der Waals surface area (Å²) in [5.74, 6) is 0.0619. The standard InChI is InChI=1S/C16H26N4O2S/c1-4-7-17-15(21)12(3)20-8-5-13(6-9-20)19-16(22)14-11(2)18-10-23-14/h10,12-13H,4-9H2,1-3H3,(H,17,21)(H,19,22)/t12-/m0/s1. The third-order valence-corrected chi connectivity index (χ3v) is 5.22. The lowest BCUT2D eigenvalue weighted by atomic mass is 10.0. The van der Waals surface area contributed by atoms with E-state index in [0.717, 1.165) is 44.6 Å². The fourth-order valence-electron chi connectivity index (χ4n) is 2.76. The van der Waals surface area contributed by atoms with Gasteiger partial charge in [0.2, 0.25) is 5.91 Å². The molecule has 1 atom stereocenters. The predicted molar refractivity (Wildman–Crippen MR) is 91.7 cm³/mol. The Kier molecular flexibility index (Phi) is 6.53. The second-order valence-electron chi connectivity index (χ2n) is 6.02. The summed E-state index contributed by atoms with van der Waals surface area (Å²) in [7, 11) is 0. The molecule has 0 bridgehead atoms. The van der Waals surface area contributed by atoms with Gasteiger partial charge in [-0.05, 0) is 33.1 Å². The molecular formula is C16H26N4O2S. The van der Waals surface area contributed by atoms with Crippen LogP contribution >= 0.6 is 11.3 Å². The van der Waals surface area contributed by atoms with Gasteiger partial charge in [-0.1, -0.05) is 6.92 Å². The minimum absolute atomic E-state index is 0.0304. The number of hydrogen-bond acceptors (Lipinski definition) is 5. The predicted octanol–water partition coefficient (Wildman–Crippen LogP) is 1.56. The molecule has 1 fully saturated rings. The molecule has 6 nitrogen and oxygen atoms in total. The molecule has 0 unspecified atom stereocenters. The highest BCUT2D eigenvalue weighted by Gasteiger charge is 2.27. The molecule has 1 saturated heterocycles. The molecule has 23 heavy (non-hydrogen) atoms. The SMILES string of the molecule is CCCNC(=O)[C@H](C)N1CCC(NC(=O)c2scnc2C)CC1. The Labute approximate surface area is 141 Å². The summed E-state index contributed by atoms with van der Waals surface area (Å²) < 4.78 is 0. The van der Waals surface area contributed by atoms with Gasteiger partial charge in [0.05, 0.1) is 17.2 Å². The van der Waals surface area contributed by atoms with Gasteiger partial charge in [0.25, 0.3) is 5.91 Å². The fourth-order valence-corrected chi connectivity index (χ4v) is 3.47. The molecule has 7 heteroatoms. The van der Waals surface area contributed by atoms with Crippen LogP contribution in [0.1, 0.15) is 48.5 Å². The van der Waals surface area contributed by atoms with Gasteiger partial charge in [0.1, 0.15) is 4.88 Å². The summed E-state index contributed by atoms with van der Waals surface area (Å²) in [4.78, 5) is 31.2. The molecule has 0 aromatic carbocycles.